The van der Waals surface area contributed by atoms with Gasteiger partial charge in [-0.3, -0.25) is 14.5 Å². The van der Waals surface area contributed by atoms with E-state index in [9.17, 15) is 14.0 Å². The Morgan fingerprint density at radius 3 is 2.62 bits per heavy atom. The largest absolute Gasteiger partial charge is 0.334 e. The maximum absolute atomic E-state index is 13.3. The molecule has 1 aromatic heterocycles. The number of amides is 2. The Kier molecular flexibility index (Phi) is 6.94. The third-order valence-corrected chi connectivity index (χ3v) is 6.28. The highest BCUT2D eigenvalue weighted by Gasteiger charge is 2.34. The van der Waals surface area contributed by atoms with Crippen molar-refractivity contribution in [2.75, 3.05) is 31.5 Å². The Morgan fingerprint density at radius 1 is 1.19 bits per heavy atom. The fourth-order valence-corrected chi connectivity index (χ4v) is 4.45. The van der Waals surface area contributed by atoms with Gasteiger partial charge in [0.2, 0.25) is 11.8 Å². The van der Waals surface area contributed by atoms with Gasteiger partial charge in [0.05, 0.1) is 6.54 Å². The van der Waals surface area contributed by atoms with Crippen molar-refractivity contribution in [3.05, 3.63) is 53.5 Å². The molecule has 1 atom stereocenters. The number of aryl methyl sites for hydroxylation is 1. The summed E-state index contributed by atoms with van der Waals surface area (Å²) in [5.74, 6) is 0.297. The number of carbonyl (C=O) groups is 2. The first-order valence-corrected chi connectivity index (χ1v) is 11.0. The van der Waals surface area contributed by atoms with E-state index >= 15 is 0 Å². The number of carbonyl (C=O) groups excluding carboxylic acids is 2. The molecule has 3 heterocycles. The van der Waals surface area contributed by atoms with Crippen LogP contribution in [0.1, 0.15) is 30.5 Å². The summed E-state index contributed by atoms with van der Waals surface area (Å²) in [4.78, 5) is 29.5. The van der Waals surface area contributed by atoms with Gasteiger partial charge in [-0.1, -0.05) is 29.4 Å². The van der Waals surface area contributed by atoms with Gasteiger partial charge in [-0.05, 0) is 68.0 Å². The van der Waals surface area contributed by atoms with Gasteiger partial charge in [0.1, 0.15) is 11.5 Å². The topological polar surface area (TPSA) is 91.6 Å². The van der Waals surface area contributed by atoms with Gasteiger partial charge in [0, 0.05) is 19.0 Å². The maximum Gasteiger partial charge on any atom is 0.239 e. The molecule has 0 unspecified atom stereocenters. The van der Waals surface area contributed by atoms with Gasteiger partial charge in [0.15, 0.2) is 5.82 Å². The molecule has 170 valence electrons. The van der Waals surface area contributed by atoms with E-state index < -0.39 is 0 Å². The van der Waals surface area contributed by atoms with Gasteiger partial charge in [0.25, 0.3) is 0 Å². The summed E-state index contributed by atoms with van der Waals surface area (Å²) < 4.78 is 17.8. The van der Waals surface area contributed by atoms with Crippen LogP contribution in [0.5, 0.6) is 0 Å². The highest BCUT2D eigenvalue weighted by Crippen LogP contribution is 2.31. The molecule has 2 amide bonds. The van der Waals surface area contributed by atoms with Gasteiger partial charge in [-0.25, -0.2) is 9.02 Å². The number of aromatic nitrogens is 2. The Balaban J connectivity index is 1.30. The smallest absolute Gasteiger partial charge is 0.239 e. The molecule has 0 radical (unpaired) electrons. The summed E-state index contributed by atoms with van der Waals surface area (Å²) >= 11 is 0. The Labute approximate surface area is 186 Å². The van der Waals surface area contributed by atoms with Crippen molar-refractivity contribution in [1.29, 1.82) is 0 Å². The van der Waals surface area contributed by atoms with Crippen LogP contribution < -0.4 is 5.32 Å². The van der Waals surface area contributed by atoms with Gasteiger partial charge in [-0.15, -0.1) is 0 Å². The second-order valence-electron chi connectivity index (χ2n) is 8.52. The van der Waals surface area contributed by atoms with Crippen LogP contribution in [-0.4, -0.2) is 58.1 Å². The second kappa shape index (κ2) is 10.0. The van der Waals surface area contributed by atoms with Crippen LogP contribution in [0.3, 0.4) is 0 Å². The molecular weight excluding hydrogens is 413 g/mol. The standard InChI is InChI=1S/C23H28FN5O3/c1-16-22(27-32-26-16)25-21(30)15-28-12-9-18(10-13-28)20-4-2-3-11-29(23(20)31)14-17-5-7-19(24)8-6-17/h2-3,5-8,18,20H,4,9-15H2,1H3,(H,25,27,30)/t20-/m1/s1. The second-order valence-corrected chi connectivity index (χ2v) is 8.52. The zero-order valence-corrected chi connectivity index (χ0v) is 18.2. The van der Waals surface area contributed by atoms with Crippen molar-refractivity contribution in [2.45, 2.75) is 32.7 Å². The SMILES string of the molecule is Cc1nonc1NC(=O)CN1CCC([C@H]2CC=CCN(Cc3ccc(F)cc3)C2=O)CC1. The molecule has 2 aliphatic rings. The number of allylic oxidation sites excluding steroid dienone is 1. The van der Waals surface area contributed by atoms with Crippen molar-refractivity contribution in [3.63, 3.8) is 0 Å². The zero-order valence-electron chi connectivity index (χ0n) is 18.2. The van der Waals surface area contributed by atoms with Crippen LogP contribution in [0.4, 0.5) is 10.2 Å². The molecule has 32 heavy (non-hydrogen) atoms. The molecule has 1 N–H and O–H groups in total. The molecule has 4 rings (SSSR count). The predicted molar refractivity (Wildman–Crippen MR) is 116 cm³/mol. The van der Waals surface area contributed by atoms with Gasteiger partial charge >= 0.3 is 0 Å². The molecule has 1 aromatic carbocycles. The molecule has 1 saturated heterocycles. The first-order valence-electron chi connectivity index (χ1n) is 11.0. The number of anilines is 1. The molecule has 0 saturated carbocycles. The lowest BCUT2D eigenvalue weighted by atomic mass is 9.81. The maximum atomic E-state index is 13.3. The number of nitrogens with one attached hydrogen (secondary N) is 1. The Bertz CT molecular complexity index is 966. The van der Waals surface area contributed by atoms with E-state index in [-0.39, 0.29) is 36.0 Å². The van der Waals surface area contributed by atoms with Gasteiger partial charge < -0.3 is 10.2 Å². The van der Waals surface area contributed by atoms with Crippen LogP contribution in [0.25, 0.3) is 0 Å². The Hall–Kier alpha value is -3.07. The third kappa shape index (κ3) is 5.40. The highest BCUT2D eigenvalue weighted by atomic mass is 19.1. The molecule has 1 fully saturated rings. The number of nitrogens with zero attached hydrogens (tertiary/aromatic N) is 4. The number of halogens is 1. The first kappa shape index (κ1) is 22.1. The van der Waals surface area contributed by atoms with E-state index in [0.717, 1.165) is 37.9 Å². The van der Waals surface area contributed by atoms with Crippen LogP contribution in [0.15, 0.2) is 41.0 Å². The molecule has 2 aromatic rings. The fourth-order valence-electron chi connectivity index (χ4n) is 4.45. The number of hydrogen-bond donors (Lipinski definition) is 1. The van der Waals surface area contributed by atoms with Crippen molar-refractivity contribution >= 4 is 17.6 Å². The molecule has 0 bridgehead atoms. The average molecular weight is 442 g/mol. The normalized spacial score (nSPS) is 20.4. The number of rotatable bonds is 6. The number of likely N-dealkylation sites (tertiary alicyclic amines) is 1. The molecular formula is C23H28FN5O3. The highest BCUT2D eigenvalue weighted by molar-refractivity contribution is 5.91. The van der Waals surface area contributed by atoms with Gasteiger partial charge in [-0.2, -0.15) is 0 Å². The van der Waals surface area contributed by atoms with Crippen LogP contribution >= 0.6 is 0 Å². The lowest BCUT2D eigenvalue weighted by Gasteiger charge is -2.36. The summed E-state index contributed by atoms with van der Waals surface area (Å²) in [6, 6.07) is 6.31. The predicted octanol–water partition coefficient (Wildman–Crippen LogP) is 2.77. The minimum atomic E-state index is -0.276. The minimum Gasteiger partial charge on any atom is -0.334 e. The lowest BCUT2D eigenvalue weighted by Crippen LogP contribution is -2.44. The van der Waals surface area contributed by atoms with E-state index in [1.807, 2.05) is 11.0 Å². The lowest BCUT2D eigenvalue weighted by molar-refractivity contribution is -0.138. The zero-order chi connectivity index (χ0) is 22.5. The fraction of sp³-hybridized carbons (Fsp3) is 0.478. The number of hydrogen-bond acceptors (Lipinski definition) is 6. The minimum absolute atomic E-state index is 0.0611. The summed E-state index contributed by atoms with van der Waals surface area (Å²) in [6.07, 6.45) is 6.62. The van der Waals surface area contributed by atoms with Crippen LogP contribution in [0.2, 0.25) is 0 Å². The number of piperidine rings is 1. The van der Waals surface area contributed by atoms with Crippen molar-refractivity contribution in [2.24, 2.45) is 11.8 Å². The summed E-state index contributed by atoms with van der Waals surface area (Å²) in [7, 11) is 0. The summed E-state index contributed by atoms with van der Waals surface area (Å²) in [5.41, 5.74) is 1.47. The monoisotopic (exact) mass is 441 g/mol. The summed E-state index contributed by atoms with van der Waals surface area (Å²) in [5, 5.41) is 10.1. The average Bonchev–Trinajstić information content (AvgIpc) is 3.09. The van der Waals surface area contributed by atoms with E-state index in [2.05, 4.69) is 31.2 Å². The van der Waals surface area contributed by atoms with Crippen molar-refractivity contribution in [3.8, 4) is 0 Å². The molecule has 0 aliphatic carbocycles. The summed E-state index contributed by atoms with van der Waals surface area (Å²) in [6.45, 7) is 4.57. The van der Waals surface area contributed by atoms with E-state index in [4.69, 9.17) is 0 Å². The molecule has 9 heteroatoms. The third-order valence-electron chi connectivity index (χ3n) is 6.28. The van der Waals surface area contributed by atoms with E-state index in [1.165, 1.54) is 12.1 Å². The van der Waals surface area contributed by atoms with Crippen LogP contribution in [-0.2, 0) is 16.1 Å². The first-order chi connectivity index (χ1) is 15.5. The van der Waals surface area contributed by atoms with E-state index in [0.29, 0.717) is 24.6 Å². The molecule has 0 spiro atoms. The van der Waals surface area contributed by atoms with E-state index in [1.54, 1.807) is 19.1 Å². The molecule has 8 nitrogen and oxygen atoms in total. The number of benzene rings is 1. The quantitative estimate of drug-likeness (QED) is 0.693. The van der Waals surface area contributed by atoms with Crippen LogP contribution in [0, 0.1) is 24.6 Å². The van der Waals surface area contributed by atoms with Crippen molar-refractivity contribution < 1.29 is 18.6 Å². The Morgan fingerprint density at radius 2 is 1.94 bits per heavy atom. The molecule has 2 aliphatic heterocycles. The van der Waals surface area contributed by atoms with Crippen molar-refractivity contribution in [1.82, 2.24) is 20.1 Å².